The van der Waals surface area contributed by atoms with Crippen molar-refractivity contribution in [2.45, 2.75) is 31.9 Å². The van der Waals surface area contributed by atoms with Crippen LogP contribution >= 0.6 is 11.8 Å². The Balaban J connectivity index is 2.03. The van der Waals surface area contributed by atoms with Crippen molar-refractivity contribution in [1.82, 2.24) is 10.3 Å². The van der Waals surface area contributed by atoms with E-state index in [2.05, 4.69) is 10.3 Å². The lowest BCUT2D eigenvalue weighted by Gasteiger charge is -2.23. The first-order valence-electron chi connectivity index (χ1n) is 6.64. The number of carbonyl (C=O) groups is 1. The Morgan fingerprint density at radius 3 is 3.10 bits per heavy atom. The summed E-state index contributed by atoms with van der Waals surface area (Å²) in [5.41, 5.74) is -0.161. The number of carbonyl (C=O) groups excluding carboxylic acids is 1. The summed E-state index contributed by atoms with van der Waals surface area (Å²) < 4.78 is 5.76. The average Bonchev–Trinajstić information content (AvgIpc) is 2.91. The number of ether oxygens (including phenoxy) is 1. The van der Waals surface area contributed by atoms with E-state index in [9.17, 15) is 9.90 Å². The van der Waals surface area contributed by atoms with Crippen LogP contribution in [0.15, 0.2) is 18.3 Å². The van der Waals surface area contributed by atoms with E-state index in [1.54, 1.807) is 32.2 Å². The number of thioether (sulfide) groups is 1. The molecule has 1 aliphatic rings. The molecule has 0 bridgehead atoms. The first kappa shape index (κ1) is 15.1. The fraction of sp³-hybridized carbons (Fsp3) is 0.571. The average molecular weight is 296 g/mol. The van der Waals surface area contributed by atoms with E-state index in [-0.39, 0.29) is 18.6 Å². The molecule has 20 heavy (non-hydrogen) atoms. The molecule has 5 nitrogen and oxygen atoms in total. The van der Waals surface area contributed by atoms with E-state index in [1.807, 2.05) is 11.8 Å². The maximum absolute atomic E-state index is 12.1. The number of rotatable bonds is 5. The van der Waals surface area contributed by atoms with E-state index in [1.165, 1.54) is 0 Å². The summed E-state index contributed by atoms with van der Waals surface area (Å²) >= 11 is 1.86. The van der Waals surface area contributed by atoms with Gasteiger partial charge in [-0.1, -0.05) is 0 Å². The second-order valence-electron chi connectivity index (χ2n) is 5.48. The van der Waals surface area contributed by atoms with Gasteiger partial charge in [0.2, 0.25) is 5.88 Å². The molecule has 0 spiro atoms. The number of hydrogen-bond donors (Lipinski definition) is 2. The van der Waals surface area contributed by atoms with Crippen molar-refractivity contribution >= 4 is 17.7 Å². The van der Waals surface area contributed by atoms with Crippen LogP contribution < -0.4 is 10.1 Å². The van der Waals surface area contributed by atoms with E-state index < -0.39 is 5.54 Å². The van der Waals surface area contributed by atoms with Crippen molar-refractivity contribution < 1.29 is 14.6 Å². The Bertz CT molecular complexity index is 473. The third kappa shape index (κ3) is 4.11. The minimum atomic E-state index is -0.649. The van der Waals surface area contributed by atoms with Gasteiger partial charge < -0.3 is 15.2 Å². The Labute approximate surface area is 123 Å². The van der Waals surface area contributed by atoms with Crippen LogP contribution in [0.25, 0.3) is 0 Å². The monoisotopic (exact) mass is 296 g/mol. The molecule has 1 atom stereocenters. The van der Waals surface area contributed by atoms with Crippen LogP contribution in [0.5, 0.6) is 5.88 Å². The Morgan fingerprint density at radius 2 is 2.45 bits per heavy atom. The van der Waals surface area contributed by atoms with Gasteiger partial charge >= 0.3 is 0 Å². The van der Waals surface area contributed by atoms with Crippen LogP contribution in [0.2, 0.25) is 0 Å². The largest absolute Gasteiger partial charge is 0.473 e. The highest BCUT2D eigenvalue weighted by atomic mass is 32.2. The van der Waals surface area contributed by atoms with Gasteiger partial charge in [-0.3, -0.25) is 4.79 Å². The third-order valence-corrected chi connectivity index (χ3v) is 4.15. The van der Waals surface area contributed by atoms with E-state index in [4.69, 9.17) is 4.74 Å². The molecule has 1 saturated heterocycles. The quantitative estimate of drug-likeness (QED) is 0.861. The summed E-state index contributed by atoms with van der Waals surface area (Å²) in [7, 11) is 0. The lowest BCUT2D eigenvalue weighted by molar-refractivity contribution is 0.0868. The van der Waals surface area contributed by atoms with Crippen molar-refractivity contribution in [3.63, 3.8) is 0 Å². The lowest BCUT2D eigenvalue weighted by atomic mass is 10.1. The Morgan fingerprint density at radius 1 is 1.65 bits per heavy atom. The first-order chi connectivity index (χ1) is 9.50. The first-order valence-corrected chi connectivity index (χ1v) is 7.79. The normalized spacial score (nSPS) is 18.9. The summed E-state index contributed by atoms with van der Waals surface area (Å²) in [5, 5.41) is 11.9. The summed E-state index contributed by atoms with van der Waals surface area (Å²) in [6.07, 6.45) is 2.76. The number of nitrogens with one attached hydrogen (secondary N) is 1. The number of pyridine rings is 1. The molecule has 2 heterocycles. The minimum absolute atomic E-state index is 0.119. The van der Waals surface area contributed by atoms with Crippen LogP contribution in [-0.4, -0.2) is 45.8 Å². The smallest absolute Gasteiger partial charge is 0.252 e. The topological polar surface area (TPSA) is 71.5 Å². The van der Waals surface area contributed by atoms with E-state index >= 15 is 0 Å². The predicted molar refractivity (Wildman–Crippen MR) is 79.2 cm³/mol. The van der Waals surface area contributed by atoms with Crippen molar-refractivity contribution in [2.24, 2.45) is 0 Å². The van der Waals surface area contributed by atoms with Gasteiger partial charge in [0.25, 0.3) is 5.91 Å². The molecule has 0 aromatic carbocycles. The second-order valence-corrected chi connectivity index (χ2v) is 6.63. The number of nitrogens with zero attached hydrogens (tertiary/aromatic N) is 1. The molecular weight excluding hydrogens is 276 g/mol. The van der Waals surface area contributed by atoms with Gasteiger partial charge in [0.15, 0.2) is 0 Å². The number of aliphatic hydroxyl groups is 1. The Hall–Kier alpha value is -1.27. The van der Waals surface area contributed by atoms with Crippen LogP contribution in [0.1, 0.15) is 30.6 Å². The molecule has 1 aromatic rings. The molecule has 2 rings (SSSR count). The SMILES string of the molecule is CC(C)(CO)NC(=O)c1ccnc(OC2CCSC2)c1. The lowest BCUT2D eigenvalue weighted by Crippen LogP contribution is -2.46. The van der Waals surface area contributed by atoms with Gasteiger partial charge in [-0.05, 0) is 32.1 Å². The third-order valence-electron chi connectivity index (χ3n) is 3.02. The number of aliphatic hydroxyl groups excluding tert-OH is 1. The zero-order chi connectivity index (χ0) is 14.6. The van der Waals surface area contributed by atoms with Crippen molar-refractivity contribution in [3.8, 4) is 5.88 Å². The fourth-order valence-corrected chi connectivity index (χ4v) is 2.90. The highest BCUT2D eigenvalue weighted by Crippen LogP contribution is 2.22. The second kappa shape index (κ2) is 6.45. The van der Waals surface area contributed by atoms with Gasteiger partial charge in [-0.15, -0.1) is 0 Å². The van der Waals surface area contributed by atoms with Gasteiger partial charge in [0.1, 0.15) is 6.10 Å². The van der Waals surface area contributed by atoms with E-state index in [0.717, 1.165) is 17.9 Å². The molecule has 110 valence electrons. The number of hydrogen-bond acceptors (Lipinski definition) is 5. The minimum Gasteiger partial charge on any atom is -0.473 e. The maximum atomic E-state index is 12.1. The summed E-state index contributed by atoms with van der Waals surface area (Å²) in [6.45, 7) is 3.41. The molecule has 0 aliphatic carbocycles. The number of amides is 1. The zero-order valence-electron chi connectivity index (χ0n) is 11.8. The predicted octanol–water partition coefficient (Wildman–Crippen LogP) is 1.47. The molecular formula is C14H20N2O3S. The van der Waals surface area contributed by atoms with Crippen molar-refractivity contribution in [1.29, 1.82) is 0 Å². The highest BCUT2D eigenvalue weighted by molar-refractivity contribution is 7.99. The molecule has 1 aliphatic heterocycles. The number of aromatic nitrogens is 1. The highest BCUT2D eigenvalue weighted by Gasteiger charge is 2.21. The van der Waals surface area contributed by atoms with Crippen LogP contribution in [0, 0.1) is 0 Å². The summed E-state index contributed by atoms with van der Waals surface area (Å²) in [4.78, 5) is 16.2. The van der Waals surface area contributed by atoms with Crippen molar-refractivity contribution in [3.05, 3.63) is 23.9 Å². The Kier molecular flexibility index (Phi) is 4.88. The maximum Gasteiger partial charge on any atom is 0.252 e. The molecule has 0 radical (unpaired) electrons. The summed E-state index contributed by atoms with van der Waals surface area (Å²) in [5.74, 6) is 2.31. The molecule has 1 aromatic heterocycles. The van der Waals surface area contributed by atoms with Crippen LogP contribution in [0.4, 0.5) is 0 Å². The van der Waals surface area contributed by atoms with Crippen molar-refractivity contribution in [2.75, 3.05) is 18.1 Å². The van der Waals surface area contributed by atoms with Gasteiger partial charge in [0.05, 0.1) is 12.1 Å². The van der Waals surface area contributed by atoms with Gasteiger partial charge in [-0.25, -0.2) is 4.98 Å². The van der Waals surface area contributed by atoms with Gasteiger partial charge in [-0.2, -0.15) is 11.8 Å². The molecule has 0 saturated carbocycles. The zero-order valence-corrected chi connectivity index (χ0v) is 12.6. The molecule has 6 heteroatoms. The molecule has 2 N–H and O–H groups in total. The fourth-order valence-electron chi connectivity index (χ4n) is 1.81. The molecule has 1 amide bonds. The molecule has 1 unspecified atom stereocenters. The van der Waals surface area contributed by atoms with Crippen LogP contribution in [0.3, 0.4) is 0 Å². The van der Waals surface area contributed by atoms with Crippen LogP contribution in [-0.2, 0) is 0 Å². The standard InChI is InChI=1S/C14H20N2O3S/c1-14(2,9-17)16-13(18)10-3-5-15-12(7-10)19-11-4-6-20-8-11/h3,5,7,11,17H,4,6,8-9H2,1-2H3,(H,16,18). The van der Waals surface area contributed by atoms with Gasteiger partial charge in [0, 0.05) is 23.6 Å². The molecule has 1 fully saturated rings. The van der Waals surface area contributed by atoms with E-state index in [0.29, 0.717) is 11.4 Å². The summed E-state index contributed by atoms with van der Waals surface area (Å²) in [6, 6.07) is 3.28.